The van der Waals surface area contributed by atoms with Crippen LogP contribution in [0.4, 0.5) is 10.5 Å². The van der Waals surface area contributed by atoms with Crippen LogP contribution in [0.5, 0.6) is 0 Å². The van der Waals surface area contributed by atoms with Gasteiger partial charge in [-0.3, -0.25) is 19.7 Å². The smallest absolute Gasteiger partial charge is 0.324 e. The maximum atomic E-state index is 13.3. The molecule has 2 aromatic rings. The molecule has 5 amide bonds. The van der Waals surface area contributed by atoms with Crippen LogP contribution in [0.15, 0.2) is 48.5 Å². The van der Waals surface area contributed by atoms with Gasteiger partial charge in [-0.05, 0) is 49.6 Å². The Kier molecular flexibility index (Phi) is 6.35. The zero-order valence-electron chi connectivity index (χ0n) is 20.9. The van der Waals surface area contributed by atoms with E-state index in [9.17, 15) is 19.2 Å². The Morgan fingerprint density at radius 1 is 1.17 bits per heavy atom. The molecule has 2 atom stereocenters. The van der Waals surface area contributed by atoms with Gasteiger partial charge in [-0.15, -0.1) is 6.42 Å². The first-order valence-corrected chi connectivity index (χ1v) is 11.8. The normalized spacial score (nSPS) is 19.5. The molecule has 2 aliphatic rings. The van der Waals surface area contributed by atoms with Crippen molar-refractivity contribution in [1.82, 2.24) is 15.1 Å². The third-order valence-electron chi connectivity index (χ3n) is 7.27. The van der Waals surface area contributed by atoms with Gasteiger partial charge >= 0.3 is 6.03 Å². The number of carbonyl (C=O) groups is 4. The molecule has 0 aromatic heterocycles. The molecule has 8 heteroatoms. The van der Waals surface area contributed by atoms with Crippen molar-refractivity contribution in [3.8, 4) is 12.3 Å². The predicted octanol–water partition coefficient (Wildman–Crippen LogP) is 2.89. The number of imide groups is 1. The van der Waals surface area contributed by atoms with Gasteiger partial charge in [0.15, 0.2) is 0 Å². The molecule has 0 bridgehead atoms. The highest BCUT2D eigenvalue weighted by Crippen LogP contribution is 2.38. The molecule has 0 unspecified atom stereocenters. The molecule has 36 heavy (non-hydrogen) atoms. The second kappa shape index (κ2) is 9.15. The zero-order valence-corrected chi connectivity index (χ0v) is 20.9. The summed E-state index contributed by atoms with van der Waals surface area (Å²) in [5.41, 5.74) is 1.29. The zero-order chi connectivity index (χ0) is 26.3. The van der Waals surface area contributed by atoms with E-state index in [4.69, 9.17) is 6.42 Å². The van der Waals surface area contributed by atoms with Gasteiger partial charge in [0.1, 0.15) is 17.5 Å². The first-order chi connectivity index (χ1) is 17.0. The van der Waals surface area contributed by atoms with E-state index >= 15 is 0 Å². The average molecular weight is 487 g/mol. The molecular formula is C28H30N4O4. The van der Waals surface area contributed by atoms with Crippen LogP contribution in [0.1, 0.15) is 43.5 Å². The summed E-state index contributed by atoms with van der Waals surface area (Å²) in [6.07, 6.45) is 6.40. The number of amides is 5. The second-order valence-corrected chi connectivity index (χ2v) is 10.0. The number of hydrogen-bond donors (Lipinski definition) is 2. The number of likely N-dealkylation sites (N-methyl/N-ethyl adjacent to an activating group) is 1. The Hall–Kier alpha value is -4.12. The molecule has 0 saturated carbocycles. The Balaban J connectivity index is 1.52. The van der Waals surface area contributed by atoms with E-state index in [1.54, 1.807) is 27.0 Å². The quantitative estimate of drug-likeness (QED) is 0.485. The van der Waals surface area contributed by atoms with Gasteiger partial charge in [0, 0.05) is 25.6 Å². The van der Waals surface area contributed by atoms with Gasteiger partial charge in [0.05, 0.1) is 6.04 Å². The number of benzene rings is 2. The molecule has 0 radical (unpaired) electrons. The van der Waals surface area contributed by atoms with E-state index in [-0.39, 0.29) is 30.3 Å². The van der Waals surface area contributed by atoms with Gasteiger partial charge in [-0.25, -0.2) is 4.79 Å². The topological polar surface area (TPSA) is 98.8 Å². The molecule has 4 rings (SSSR count). The van der Waals surface area contributed by atoms with Crippen molar-refractivity contribution in [2.45, 2.75) is 45.2 Å². The van der Waals surface area contributed by atoms with Gasteiger partial charge in [-0.1, -0.05) is 42.3 Å². The highest BCUT2D eigenvalue weighted by Gasteiger charge is 2.54. The van der Waals surface area contributed by atoms with Crippen LogP contribution in [0.25, 0.3) is 0 Å². The summed E-state index contributed by atoms with van der Waals surface area (Å²) in [5, 5.41) is 5.26. The van der Waals surface area contributed by atoms with Crippen LogP contribution in [0.2, 0.25) is 0 Å². The summed E-state index contributed by atoms with van der Waals surface area (Å²) < 4.78 is 0. The number of fused-ring (bicyclic) bond motifs is 1. The van der Waals surface area contributed by atoms with Crippen LogP contribution < -0.4 is 10.6 Å². The molecule has 2 aromatic carbocycles. The lowest BCUT2D eigenvalue weighted by Gasteiger charge is -2.33. The minimum Gasteiger partial charge on any atom is -0.325 e. The minimum absolute atomic E-state index is 0.180. The van der Waals surface area contributed by atoms with Crippen molar-refractivity contribution in [2.75, 3.05) is 18.9 Å². The monoisotopic (exact) mass is 486 g/mol. The highest BCUT2D eigenvalue weighted by molar-refractivity contribution is 6.07. The molecule has 1 spiro atoms. The van der Waals surface area contributed by atoms with Crippen LogP contribution in [0.3, 0.4) is 0 Å². The van der Waals surface area contributed by atoms with Gasteiger partial charge in [-0.2, -0.15) is 0 Å². The van der Waals surface area contributed by atoms with Crippen molar-refractivity contribution < 1.29 is 19.2 Å². The molecule has 8 nitrogen and oxygen atoms in total. The third kappa shape index (κ3) is 4.33. The Bertz CT molecular complexity index is 1280. The molecular weight excluding hydrogens is 456 g/mol. The first-order valence-electron chi connectivity index (χ1n) is 11.8. The second-order valence-electron chi connectivity index (χ2n) is 10.0. The third-order valence-corrected chi connectivity index (χ3v) is 7.27. The molecule has 1 aliphatic carbocycles. The number of urea groups is 1. The van der Waals surface area contributed by atoms with Gasteiger partial charge in [0.25, 0.3) is 5.91 Å². The standard InChI is InChI=1S/C28H30N4O4/c1-6-27(3,4)25(35)32(18(2)19-10-8-7-9-11-19)17-23(33)29-22-13-12-20-15-28(16-21(20)14-22)24(34)30-26(36)31(28)5/h1,7-14,18H,15-17H2,2-5H3,(H,29,33)(H,30,34,36)/t18-,28+/m1/s1. The number of nitrogens with zero attached hydrogens (tertiary/aromatic N) is 2. The van der Waals surface area contributed by atoms with E-state index in [1.807, 2.05) is 49.4 Å². The minimum atomic E-state index is -1.07. The van der Waals surface area contributed by atoms with Crippen molar-refractivity contribution in [2.24, 2.45) is 5.41 Å². The van der Waals surface area contributed by atoms with Crippen molar-refractivity contribution in [3.05, 3.63) is 65.2 Å². The highest BCUT2D eigenvalue weighted by atomic mass is 16.2. The van der Waals surface area contributed by atoms with Crippen molar-refractivity contribution >= 4 is 29.4 Å². The average Bonchev–Trinajstić information content (AvgIpc) is 3.34. The van der Waals surface area contributed by atoms with Crippen LogP contribution in [-0.4, -0.2) is 52.7 Å². The molecule has 2 N–H and O–H groups in total. The Morgan fingerprint density at radius 2 is 1.83 bits per heavy atom. The number of hydrogen-bond acceptors (Lipinski definition) is 4. The summed E-state index contributed by atoms with van der Waals surface area (Å²) in [4.78, 5) is 53.9. The number of anilines is 1. The van der Waals surface area contributed by atoms with Crippen LogP contribution >= 0.6 is 0 Å². The van der Waals surface area contributed by atoms with Gasteiger partial charge in [0.2, 0.25) is 11.8 Å². The van der Waals surface area contributed by atoms with Crippen molar-refractivity contribution in [1.29, 1.82) is 0 Å². The van der Waals surface area contributed by atoms with E-state index in [2.05, 4.69) is 16.6 Å². The molecule has 1 saturated heterocycles. The molecule has 1 aliphatic heterocycles. The van der Waals surface area contributed by atoms with E-state index in [0.717, 1.165) is 16.7 Å². The number of nitrogens with one attached hydrogen (secondary N) is 2. The SMILES string of the molecule is C#CC(C)(C)C(=O)N(CC(=O)Nc1ccc2c(c1)C[C@@]1(C2)C(=O)NC(=O)N1C)[C@H](C)c1ccccc1. The lowest BCUT2D eigenvalue weighted by atomic mass is 9.91. The fourth-order valence-electron chi connectivity index (χ4n) is 4.85. The predicted molar refractivity (Wildman–Crippen MR) is 136 cm³/mol. The number of terminal acetylenes is 1. The summed E-state index contributed by atoms with van der Waals surface area (Å²) in [6, 6.07) is 14.1. The first kappa shape index (κ1) is 25.0. The van der Waals surface area contributed by atoms with Crippen LogP contribution in [-0.2, 0) is 27.2 Å². The summed E-state index contributed by atoms with van der Waals surface area (Å²) in [5.74, 6) is 1.55. The lowest BCUT2D eigenvalue weighted by molar-refractivity contribution is -0.142. The van der Waals surface area contributed by atoms with Crippen LogP contribution in [0, 0.1) is 17.8 Å². The Morgan fingerprint density at radius 3 is 2.44 bits per heavy atom. The Labute approximate surface area is 211 Å². The fourth-order valence-corrected chi connectivity index (χ4v) is 4.85. The number of carbonyl (C=O) groups excluding carboxylic acids is 4. The number of rotatable bonds is 6. The fraction of sp³-hybridized carbons (Fsp3) is 0.357. The van der Waals surface area contributed by atoms with E-state index < -0.39 is 17.0 Å². The maximum Gasteiger partial charge on any atom is 0.324 e. The summed E-state index contributed by atoms with van der Waals surface area (Å²) in [7, 11) is 1.62. The largest absolute Gasteiger partial charge is 0.325 e. The molecule has 186 valence electrons. The summed E-state index contributed by atoms with van der Waals surface area (Å²) in [6.45, 7) is 5.01. The maximum absolute atomic E-state index is 13.3. The van der Waals surface area contributed by atoms with E-state index in [0.29, 0.717) is 18.5 Å². The van der Waals surface area contributed by atoms with Crippen molar-refractivity contribution in [3.63, 3.8) is 0 Å². The van der Waals surface area contributed by atoms with Gasteiger partial charge < -0.3 is 15.1 Å². The molecule has 1 fully saturated rings. The summed E-state index contributed by atoms with van der Waals surface area (Å²) >= 11 is 0. The molecule has 1 heterocycles. The van der Waals surface area contributed by atoms with E-state index in [1.165, 1.54) is 9.80 Å². The lowest BCUT2D eigenvalue weighted by Crippen LogP contribution is -2.48.